The molecule has 1 fully saturated rings. The topological polar surface area (TPSA) is 94.2 Å². The lowest BCUT2D eigenvalue weighted by molar-refractivity contribution is -0.384. The Morgan fingerprint density at radius 2 is 1.51 bits per heavy atom. The molecule has 0 N–H and O–H groups in total. The van der Waals surface area contributed by atoms with Gasteiger partial charge in [0.1, 0.15) is 5.25 Å². The number of para-hydroxylation sites is 1. The predicted octanol–water partition coefficient (Wildman–Crippen LogP) is 5.30. The number of hydrogen-bond donors (Lipinski definition) is 0. The summed E-state index contributed by atoms with van der Waals surface area (Å²) in [5, 5.41) is 20.1. The van der Waals surface area contributed by atoms with Crippen LogP contribution < -0.4 is 0 Å². The summed E-state index contributed by atoms with van der Waals surface area (Å²) < 4.78 is 1.90. The number of carbonyl (C=O) groups is 1. The summed E-state index contributed by atoms with van der Waals surface area (Å²) in [6.45, 7) is 1.53. The molecule has 0 aliphatic carbocycles. The van der Waals surface area contributed by atoms with Crippen molar-refractivity contribution in [3.63, 3.8) is 0 Å². The van der Waals surface area contributed by atoms with Crippen molar-refractivity contribution in [3.05, 3.63) is 101 Å². The Labute approximate surface area is 206 Å². The maximum atomic E-state index is 13.6. The quantitative estimate of drug-likeness (QED) is 0.200. The number of non-ortho nitro benzene ring substituents is 1. The van der Waals surface area contributed by atoms with E-state index < -0.39 is 10.2 Å². The average molecular weight is 486 g/mol. The molecule has 3 aromatic carbocycles. The van der Waals surface area contributed by atoms with Gasteiger partial charge in [-0.1, -0.05) is 60.3 Å². The molecular formula is C26H23N5O3S. The maximum absolute atomic E-state index is 13.6. The number of nitro groups is 1. The molecule has 8 nitrogen and oxygen atoms in total. The molecule has 9 heteroatoms. The lowest BCUT2D eigenvalue weighted by Crippen LogP contribution is -2.31. The summed E-state index contributed by atoms with van der Waals surface area (Å²) in [6.07, 6.45) is 2.03. The van der Waals surface area contributed by atoms with Crippen LogP contribution in [0.15, 0.2) is 90.1 Å². The van der Waals surface area contributed by atoms with Gasteiger partial charge in [-0.2, -0.15) is 0 Å². The largest absolute Gasteiger partial charge is 0.341 e. The molecule has 2 heterocycles. The van der Waals surface area contributed by atoms with Crippen LogP contribution >= 0.6 is 11.8 Å². The van der Waals surface area contributed by atoms with Crippen LogP contribution in [0, 0.1) is 10.1 Å². The van der Waals surface area contributed by atoms with Crippen LogP contribution in [0.25, 0.3) is 17.1 Å². The van der Waals surface area contributed by atoms with Gasteiger partial charge in [-0.05, 0) is 42.7 Å². The van der Waals surface area contributed by atoms with Crippen LogP contribution in [0.5, 0.6) is 0 Å². The van der Waals surface area contributed by atoms with Gasteiger partial charge in [0.15, 0.2) is 11.0 Å². The highest BCUT2D eigenvalue weighted by Crippen LogP contribution is 2.39. The summed E-state index contributed by atoms with van der Waals surface area (Å²) in [4.78, 5) is 26.2. The molecule has 1 aliphatic rings. The minimum Gasteiger partial charge on any atom is -0.341 e. The second kappa shape index (κ2) is 10.1. The van der Waals surface area contributed by atoms with E-state index in [4.69, 9.17) is 0 Å². The van der Waals surface area contributed by atoms with Gasteiger partial charge in [0.05, 0.1) is 4.92 Å². The van der Waals surface area contributed by atoms with E-state index in [9.17, 15) is 14.9 Å². The number of carbonyl (C=O) groups excluding carboxylic acids is 1. The summed E-state index contributed by atoms with van der Waals surface area (Å²) in [7, 11) is 0. The van der Waals surface area contributed by atoms with Crippen molar-refractivity contribution in [3.8, 4) is 17.1 Å². The molecule has 35 heavy (non-hydrogen) atoms. The number of thioether (sulfide) groups is 1. The Hall–Kier alpha value is -3.98. The van der Waals surface area contributed by atoms with Crippen LogP contribution in [0.4, 0.5) is 5.69 Å². The number of rotatable bonds is 7. The SMILES string of the molecule is O=C(C(Sc1nnc(-c2ccc([N+](=O)[O-])cc2)n1-c1ccccc1)c1ccccc1)N1CCCC1. The number of likely N-dealkylation sites (tertiary alicyclic amines) is 1. The third kappa shape index (κ3) is 4.81. The predicted molar refractivity (Wildman–Crippen MR) is 134 cm³/mol. The van der Waals surface area contributed by atoms with Crippen molar-refractivity contribution in [2.24, 2.45) is 0 Å². The van der Waals surface area contributed by atoms with Crippen LogP contribution in [0.1, 0.15) is 23.7 Å². The van der Waals surface area contributed by atoms with E-state index in [0.717, 1.165) is 37.2 Å². The third-order valence-corrected chi connectivity index (χ3v) is 7.14. The molecule has 1 aliphatic heterocycles. The second-order valence-corrected chi connectivity index (χ2v) is 9.29. The highest BCUT2D eigenvalue weighted by atomic mass is 32.2. The first kappa shape index (κ1) is 22.8. The van der Waals surface area contributed by atoms with Gasteiger partial charge in [0.25, 0.3) is 5.69 Å². The summed E-state index contributed by atoms with van der Waals surface area (Å²) in [5.41, 5.74) is 2.46. The normalized spacial score (nSPS) is 14.1. The van der Waals surface area contributed by atoms with E-state index in [0.29, 0.717) is 16.5 Å². The molecular weight excluding hydrogens is 462 g/mol. The lowest BCUT2D eigenvalue weighted by Gasteiger charge is -2.23. The van der Waals surface area contributed by atoms with Gasteiger partial charge in [-0.3, -0.25) is 19.5 Å². The molecule has 1 atom stereocenters. The smallest absolute Gasteiger partial charge is 0.269 e. The fraction of sp³-hybridized carbons (Fsp3) is 0.192. The van der Waals surface area contributed by atoms with Crippen molar-refractivity contribution in [2.75, 3.05) is 13.1 Å². The molecule has 0 bridgehead atoms. The first-order valence-electron chi connectivity index (χ1n) is 11.4. The van der Waals surface area contributed by atoms with E-state index in [1.54, 1.807) is 12.1 Å². The number of hydrogen-bond acceptors (Lipinski definition) is 6. The zero-order valence-corrected chi connectivity index (χ0v) is 19.7. The summed E-state index contributed by atoms with van der Waals surface area (Å²) in [6, 6.07) is 25.6. The summed E-state index contributed by atoms with van der Waals surface area (Å²) in [5.74, 6) is 0.618. The van der Waals surface area contributed by atoms with Crippen LogP contribution in [0.3, 0.4) is 0 Å². The second-order valence-electron chi connectivity index (χ2n) is 8.22. The number of amides is 1. The lowest BCUT2D eigenvalue weighted by atomic mass is 10.1. The van der Waals surface area contributed by atoms with Crippen molar-refractivity contribution in [1.29, 1.82) is 0 Å². The molecule has 0 radical (unpaired) electrons. The van der Waals surface area contributed by atoms with Gasteiger partial charge in [-0.25, -0.2) is 0 Å². The highest BCUT2D eigenvalue weighted by Gasteiger charge is 2.31. The molecule has 1 aromatic heterocycles. The van der Waals surface area contributed by atoms with Gasteiger partial charge in [0, 0.05) is 36.5 Å². The van der Waals surface area contributed by atoms with Crippen LogP contribution in [0.2, 0.25) is 0 Å². The standard InChI is InChI=1S/C26H23N5O3S/c32-25(29-17-7-8-18-29)23(19-9-3-1-4-10-19)35-26-28-27-24(30(26)21-11-5-2-6-12-21)20-13-15-22(16-14-20)31(33)34/h1-6,9-16,23H,7-8,17-18H2. The minimum atomic E-state index is -0.467. The first-order chi connectivity index (χ1) is 17.1. The van der Waals surface area contributed by atoms with E-state index in [1.165, 1.54) is 23.9 Å². The first-order valence-corrected chi connectivity index (χ1v) is 12.3. The summed E-state index contributed by atoms with van der Waals surface area (Å²) >= 11 is 1.37. The molecule has 0 saturated carbocycles. The number of nitrogens with zero attached hydrogens (tertiary/aromatic N) is 5. The van der Waals surface area contributed by atoms with Crippen molar-refractivity contribution >= 4 is 23.4 Å². The minimum absolute atomic E-state index is 0.00877. The highest BCUT2D eigenvalue weighted by molar-refractivity contribution is 8.00. The monoisotopic (exact) mass is 485 g/mol. The number of nitro benzene ring substituents is 1. The van der Waals surface area contributed by atoms with Crippen molar-refractivity contribution in [2.45, 2.75) is 23.2 Å². The van der Waals surface area contributed by atoms with E-state index in [2.05, 4.69) is 10.2 Å². The van der Waals surface area contributed by atoms with E-state index in [-0.39, 0.29) is 11.6 Å². The molecule has 0 spiro atoms. The Bertz CT molecular complexity index is 1320. The Morgan fingerprint density at radius 1 is 0.886 bits per heavy atom. The Morgan fingerprint density at radius 3 is 2.14 bits per heavy atom. The van der Waals surface area contributed by atoms with Crippen LogP contribution in [-0.4, -0.2) is 43.6 Å². The third-order valence-electron chi connectivity index (χ3n) is 5.95. The maximum Gasteiger partial charge on any atom is 0.269 e. The van der Waals surface area contributed by atoms with E-state index in [1.807, 2.05) is 70.1 Å². The van der Waals surface area contributed by atoms with Crippen molar-refractivity contribution < 1.29 is 9.72 Å². The van der Waals surface area contributed by atoms with Crippen LogP contribution in [-0.2, 0) is 4.79 Å². The Kier molecular flexibility index (Phi) is 6.58. The zero-order chi connectivity index (χ0) is 24.2. The van der Waals surface area contributed by atoms with Crippen molar-refractivity contribution in [1.82, 2.24) is 19.7 Å². The van der Waals surface area contributed by atoms with E-state index >= 15 is 0 Å². The fourth-order valence-corrected chi connectivity index (χ4v) is 5.31. The van der Waals surface area contributed by atoms with Gasteiger partial charge >= 0.3 is 0 Å². The molecule has 176 valence electrons. The van der Waals surface area contributed by atoms with Gasteiger partial charge in [-0.15, -0.1) is 10.2 Å². The van der Waals surface area contributed by atoms with Gasteiger partial charge < -0.3 is 4.90 Å². The zero-order valence-electron chi connectivity index (χ0n) is 18.9. The molecule has 4 aromatic rings. The number of aromatic nitrogens is 3. The molecule has 1 amide bonds. The Balaban J connectivity index is 1.57. The molecule has 1 saturated heterocycles. The molecule has 5 rings (SSSR count). The molecule has 1 unspecified atom stereocenters. The van der Waals surface area contributed by atoms with Gasteiger partial charge in [0.2, 0.25) is 5.91 Å². The fourth-order valence-electron chi connectivity index (χ4n) is 4.17. The average Bonchev–Trinajstić information content (AvgIpc) is 3.59. The number of benzene rings is 3.